The van der Waals surface area contributed by atoms with Crippen LogP contribution in [0.3, 0.4) is 0 Å². The van der Waals surface area contributed by atoms with E-state index in [9.17, 15) is 0 Å². The maximum atomic E-state index is 8.58. The average molecular weight is 421 g/mol. The molecule has 4 N–H and O–H groups in total. The fourth-order valence-electron chi connectivity index (χ4n) is 8.59. The van der Waals surface area contributed by atoms with Gasteiger partial charge >= 0.3 is 0 Å². The van der Waals surface area contributed by atoms with E-state index in [0.29, 0.717) is 22.3 Å². The van der Waals surface area contributed by atoms with Crippen LogP contribution in [0.5, 0.6) is 0 Å². The fourth-order valence-corrected chi connectivity index (χ4v) is 8.59. The summed E-state index contributed by atoms with van der Waals surface area (Å²) in [7, 11) is 0. The lowest BCUT2D eigenvalue weighted by Gasteiger charge is -2.74. The second-order valence-electron chi connectivity index (χ2n) is 11.7. The largest absolute Gasteiger partial charge is 0.372 e. The van der Waals surface area contributed by atoms with Gasteiger partial charge in [0.15, 0.2) is 0 Å². The first-order valence-electron chi connectivity index (χ1n) is 12.7. The van der Waals surface area contributed by atoms with Gasteiger partial charge in [0, 0.05) is 11.5 Å². The van der Waals surface area contributed by atoms with Crippen molar-refractivity contribution < 1.29 is 4.79 Å². The molecule has 1 spiro atoms. The Bertz CT molecular complexity index is 840. The Morgan fingerprint density at radius 3 is 2.16 bits per heavy atom. The van der Waals surface area contributed by atoms with Crippen LogP contribution in [-0.2, 0) is 10.2 Å². The summed E-state index contributed by atoms with van der Waals surface area (Å²) in [4.78, 5) is 8.58. The Hall–Kier alpha value is -1.61. The molecule has 5 atom stereocenters. The molecule has 3 heteroatoms. The van der Waals surface area contributed by atoms with Crippen molar-refractivity contribution in [3.05, 3.63) is 47.5 Å². The van der Waals surface area contributed by atoms with Crippen LogP contribution in [-0.4, -0.2) is 12.5 Å². The molecule has 0 aliphatic heterocycles. The van der Waals surface area contributed by atoms with Crippen LogP contribution >= 0.6 is 0 Å². The molecule has 2 bridgehead atoms. The summed E-state index contributed by atoms with van der Waals surface area (Å²) in [5.41, 5.74) is 15.2. The number of nitrogens with two attached hydrogens (primary N) is 2. The van der Waals surface area contributed by atoms with Crippen LogP contribution in [0.1, 0.15) is 83.1 Å². The molecule has 6 aliphatic carbocycles. The molecule has 0 saturated heterocycles. The predicted octanol–water partition coefficient (Wildman–Crippen LogP) is 5.48. The Kier molecular flexibility index (Phi) is 5.32. The van der Waals surface area contributed by atoms with Gasteiger partial charge in [-0.2, -0.15) is 0 Å². The minimum absolute atomic E-state index is 0.250. The summed E-state index contributed by atoms with van der Waals surface area (Å²) in [5, 5.41) is 0. The van der Waals surface area contributed by atoms with Gasteiger partial charge in [0.2, 0.25) is 6.41 Å². The van der Waals surface area contributed by atoms with E-state index in [-0.39, 0.29) is 6.41 Å². The van der Waals surface area contributed by atoms with Crippen molar-refractivity contribution in [2.75, 3.05) is 0 Å². The lowest BCUT2D eigenvalue weighted by Crippen LogP contribution is -2.70. The molecule has 31 heavy (non-hydrogen) atoms. The number of benzene rings is 1. The molecule has 5 unspecified atom stereocenters. The van der Waals surface area contributed by atoms with E-state index in [0.717, 1.165) is 17.8 Å². The van der Waals surface area contributed by atoms with Crippen LogP contribution in [0.4, 0.5) is 0 Å². The first-order valence-corrected chi connectivity index (χ1v) is 12.7. The van der Waals surface area contributed by atoms with Crippen molar-refractivity contribution in [2.45, 2.75) is 89.0 Å². The number of hydrogen-bond donors (Lipinski definition) is 2. The van der Waals surface area contributed by atoms with Crippen LogP contribution in [0.2, 0.25) is 0 Å². The monoisotopic (exact) mass is 420 g/mol. The number of primary amides is 1. The minimum Gasteiger partial charge on any atom is -0.372 e. The first kappa shape index (κ1) is 21.2. The number of hydrogen-bond acceptors (Lipinski definition) is 2. The number of carbonyl (C=O) groups is 1. The van der Waals surface area contributed by atoms with Gasteiger partial charge in [0.25, 0.3) is 0 Å². The van der Waals surface area contributed by atoms with E-state index in [2.05, 4.69) is 49.1 Å². The average Bonchev–Trinajstić information content (AvgIpc) is 3.48. The lowest BCUT2D eigenvalue weighted by molar-refractivity contribution is -0.147. The van der Waals surface area contributed by atoms with E-state index >= 15 is 0 Å². The van der Waals surface area contributed by atoms with Crippen molar-refractivity contribution in [1.82, 2.24) is 0 Å². The fraction of sp³-hybridized carbons (Fsp3) is 0.679. The number of carbonyl (C=O) groups excluding carboxylic acids is 1. The lowest BCUT2D eigenvalue weighted by atomic mass is 9.29. The summed E-state index contributed by atoms with van der Waals surface area (Å²) < 4.78 is 0. The van der Waals surface area contributed by atoms with Crippen LogP contribution in [0, 0.1) is 28.6 Å². The molecule has 6 aliphatic rings. The molecule has 168 valence electrons. The van der Waals surface area contributed by atoms with Gasteiger partial charge in [0.1, 0.15) is 0 Å². The van der Waals surface area contributed by atoms with E-state index < -0.39 is 0 Å². The zero-order valence-electron chi connectivity index (χ0n) is 19.2. The van der Waals surface area contributed by atoms with E-state index in [1.165, 1.54) is 70.6 Å². The van der Waals surface area contributed by atoms with Gasteiger partial charge < -0.3 is 11.5 Å². The molecule has 1 aromatic carbocycles. The molecule has 1 aromatic rings. The summed E-state index contributed by atoms with van der Waals surface area (Å²) in [6.07, 6.45) is 18.5. The number of fused-ring (bicyclic) bond motifs is 1. The normalized spacial score (nSPS) is 42.8. The Morgan fingerprint density at radius 2 is 1.58 bits per heavy atom. The summed E-state index contributed by atoms with van der Waals surface area (Å²) in [6, 6.07) is 12.1. The molecule has 0 aromatic heterocycles. The smallest absolute Gasteiger partial charge is 0.204 e. The minimum atomic E-state index is 0.250. The second-order valence-corrected chi connectivity index (χ2v) is 11.7. The van der Waals surface area contributed by atoms with Gasteiger partial charge in [-0.1, -0.05) is 68.2 Å². The van der Waals surface area contributed by atoms with Gasteiger partial charge in [-0.3, -0.25) is 4.79 Å². The zero-order chi connectivity index (χ0) is 21.7. The highest BCUT2D eigenvalue weighted by molar-refractivity contribution is 5.53. The summed E-state index contributed by atoms with van der Waals surface area (Å²) in [6.45, 7) is 2.59. The van der Waals surface area contributed by atoms with Crippen LogP contribution in [0.25, 0.3) is 0 Å². The molecular weight excluding hydrogens is 380 g/mol. The summed E-state index contributed by atoms with van der Waals surface area (Å²) in [5.74, 6) is 2.89. The molecule has 1 amide bonds. The number of rotatable bonds is 2. The third-order valence-corrected chi connectivity index (χ3v) is 9.66. The van der Waals surface area contributed by atoms with Crippen molar-refractivity contribution in [3.63, 3.8) is 0 Å². The first-order chi connectivity index (χ1) is 15.0. The molecule has 3 nitrogen and oxygen atoms in total. The maximum Gasteiger partial charge on any atom is 0.204 e. The Morgan fingerprint density at radius 1 is 0.935 bits per heavy atom. The van der Waals surface area contributed by atoms with Crippen molar-refractivity contribution in [3.8, 4) is 0 Å². The number of amides is 1. The molecule has 6 saturated carbocycles. The summed E-state index contributed by atoms with van der Waals surface area (Å²) >= 11 is 0. The third kappa shape index (κ3) is 3.22. The van der Waals surface area contributed by atoms with Crippen molar-refractivity contribution >= 4 is 6.41 Å². The van der Waals surface area contributed by atoms with Crippen molar-refractivity contribution in [2.24, 2.45) is 40.1 Å². The number of allylic oxidation sites excluding steroid dienone is 2. The Balaban J connectivity index is 0.000000173. The topological polar surface area (TPSA) is 69.1 Å². The van der Waals surface area contributed by atoms with E-state index in [4.69, 9.17) is 10.5 Å². The Labute approximate surface area is 188 Å². The molecular formula is C28H40N2O. The van der Waals surface area contributed by atoms with Crippen LogP contribution < -0.4 is 11.5 Å². The predicted molar refractivity (Wildman–Crippen MR) is 126 cm³/mol. The highest BCUT2D eigenvalue weighted by atomic mass is 16.1. The zero-order valence-corrected chi connectivity index (χ0v) is 19.2. The van der Waals surface area contributed by atoms with Crippen molar-refractivity contribution in [1.29, 1.82) is 0 Å². The molecule has 6 fully saturated rings. The third-order valence-electron chi connectivity index (χ3n) is 9.66. The van der Waals surface area contributed by atoms with E-state index in [1.807, 2.05) is 5.57 Å². The highest BCUT2D eigenvalue weighted by Crippen LogP contribution is 2.90. The SMILES string of the molecule is CC12CC3/C(=C/C4CC4)C4CC(c5ccccc5)(C1)C34C2.NC1CCCCC1.NC=O. The molecule has 7 rings (SSSR count). The van der Waals surface area contributed by atoms with Gasteiger partial charge in [-0.15, -0.1) is 0 Å². The van der Waals surface area contributed by atoms with Gasteiger partial charge in [-0.05, 0) is 85.5 Å². The molecule has 0 radical (unpaired) electrons. The second kappa shape index (κ2) is 7.76. The van der Waals surface area contributed by atoms with Gasteiger partial charge in [0.05, 0.1) is 0 Å². The standard InChI is InChI=1S/C21H24.C6H13N.CH3NO/c1-19-10-17-16(9-14-7-8-14)18-11-20(12-19,21(17,18)13-19)15-5-3-2-4-6-15;7-6-4-2-1-3-5-6;2-1-3/h2-6,9,14,17-18H,7-8,10-13H2,1H3;6H,1-5,7H2;1H,(H2,2,3)/b16-9-;;. The maximum absolute atomic E-state index is 8.58. The quantitative estimate of drug-likeness (QED) is 0.491. The van der Waals surface area contributed by atoms with Gasteiger partial charge in [-0.25, -0.2) is 0 Å². The highest BCUT2D eigenvalue weighted by Gasteiger charge is 2.84. The van der Waals surface area contributed by atoms with E-state index in [1.54, 1.807) is 5.56 Å². The molecule has 0 heterocycles. The van der Waals surface area contributed by atoms with Crippen LogP contribution in [0.15, 0.2) is 42.0 Å².